The van der Waals surface area contributed by atoms with Crippen molar-refractivity contribution in [2.75, 3.05) is 6.54 Å². The maximum absolute atomic E-state index is 12.2. The van der Waals surface area contributed by atoms with Gasteiger partial charge in [-0.25, -0.2) is 0 Å². The number of aromatic nitrogens is 1. The summed E-state index contributed by atoms with van der Waals surface area (Å²) in [4.78, 5) is 3.82. The van der Waals surface area contributed by atoms with Gasteiger partial charge in [0.15, 0.2) is 5.92 Å². The Labute approximate surface area is 90.9 Å². The van der Waals surface area contributed by atoms with Crippen LogP contribution in [0.15, 0.2) is 24.5 Å². The van der Waals surface area contributed by atoms with Gasteiger partial charge in [-0.2, -0.15) is 18.4 Å². The molecule has 1 heterocycles. The van der Waals surface area contributed by atoms with Crippen LogP contribution in [0.5, 0.6) is 0 Å². The summed E-state index contributed by atoms with van der Waals surface area (Å²) >= 11 is 0. The largest absolute Gasteiger partial charge is 0.405 e. The molecule has 1 unspecified atom stereocenters. The zero-order valence-electron chi connectivity index (χ0n) is 8.33. The minimum Gasteiger partial charge on any atom is -0.311 e. The summed E-state index contributed by atoms with van der Waals surface area (Å²) < 4.78 is 36.5. The number of rotatable bonds is 4. The zero-order chi connectivity index (χ0) is 12.0. The van der Waals surface area contributed by atoms with Crippen molar-refractivity contribution >= 4 is 0 Å². The average Bonchev–Trinajstić information content (AvgIpc) is 2.24. The van der Waals surface area contributed by atoms with Crippen LogP contribution in [0.25, 0.3) is 0 Å². The van der Waals surface area contributed by atoms with Gasteiger partial charge in [0, 0.05) is 25.5 Å². The third-order valence-corrected chi connectivity index (χ3v) is 1.95. The number of nitriles is 1. The Morgan fingerprint density at radius 1 is 1.50 bits per heavy atom. The summed E-state index contributed by atoms with van der Waals surface area (Å²) in [7, 11) is 0. The normalized spacial score (nSPS) is 13.1. The summed E-state index contributed by atoms with van der Waals surface area (Å²) in [6, 6.07) is 4.67. The molecular weight excluding hydrogens is 219 g/mol. The highest BCUT2D eigenvalue weighted by molar-refractivity contribution is 5.08. The van der Waals surface area contributed by atoms with Crippen molar-refractivity contribution < 1.29 is 13.2 Å². The zero-order valence-corrected chi connectivity index (χ0v) is 8.33. The molecule has 3 nitrogen and oxygen atoms in total. The quantitative estimate of drug-likeness (QED) is 0.857. The molecule has 0 aliphatic heterocycles. The second kappa shape index (κ2) is 5.47. The molecule has 1 aromatic rings. The molecule has 0 spiro atoms. The van der Waals surface area contributed by atoms with Gasteiger partial charge >= 0.3 is 6.18 Å². The van der Waals surface area contributed by atoms with Gasteiger partial charge in [-0.1, -0.05) is 6.07 Å². The number of hydrogen-bond donors (Lipinski definition) is 1. The predicted molar refractivity (Wildman–Crippen MR) is 51.1 cm³/mol. The molecule has 0 saturated carbocycles. The second-order valence-corrected chi connectivity index (χ2v) is 3.22. The number of halogens is 3. The predicted octanol–water partition coefficient (Wildman–Crippen LogP) is 1.87. The van der Waals surface area contributed by atoms with Crippen LogP contribution < -0.4 is 5.32 Å². The van der Waals surface area contributed by atoms with Gasteiger partial charge < -0.3 is 5.32 Å². The van der Waals surface area contributed by atoms with Crippen molar-refractivity contribution in [2.45, 2.75) is 12.7 Å². The van der Waals surface area contributed by atoms with E-state index in [2.05, 4.69) is 10.3 Å². The molecule has 0 aliphatic carbocycles. The number of hydrogen-bond acceptors (Lipinski definition) is 3. The fraction of sp³-hybridized carbons (Fsp3) is 0.400. The summed E-state index contributed by atoms with van der Waals surface area (Å²) in [6.45, 7) is -0.142. The highest BCUT2D eigenvalue weighted by Crippen LogP contribution is 2.24. The summed E-state index contributed by atoms with van der Waals surface area (Å²) in [5.41, 5.74) is 0.779. The van der Waals surface area contributed by atoms with E-state index in [1.165, 1.54) is 6.07 Å². The molecule has 0 aromatic carbocycles. The van der Waals surface area contributed by atoms with Crippen molar-refractivity contribution in [1.82, 2.24) is 10.3 Å². The Kier molecular flexibility index (Phi) is 4.26. The standard InChI is InChI=1S/C10H10F3N3/c11-10(12,13)9(4-14)7-16-6-8-2-1-3-15-5-8/h1-3,5,9,16H,6-7H2. The van der Waals surface area contributed by atoms with Crippen LogP contribution in [0.4, 0.5) is 13.2 Å². The second-order valence-electron chi connectivity index (χ2n) is 3.22. The Morgan fingerprint density at radius 2 is 2.25 bits per heavy atom. The molecule has 1 N–H and O–H groups in total. The van der Waals surface area contributed by atoms with Crippen LogP contribution in [0.3, 0.4) is 0 Å². The molecular formula is C10H10F3N3. The van der Waals surface area contributed by atoms with Crippen LogP contribution in [-0.4, -0.2) is 17.7 Å². The highest BCUT2D eigenvalue weighted by Gasteiger charge is 2.39. The average molecular weight is 229 g/mol. The molecule has 86 valence electrons. The lowest BCUT2D eigenvalue weighted by Crippen LogP contribution is -2.32. The Morgan fingerprint density at radius 3 is 2.75 bits per heavy atom. The monoisotopic (exact) mass is 229 g/mol. The van der Waals surface area contributed by atoms with Crippen LogP contribution >= 0.6 is 0 Å². The third kappa shape index (κ3) is 3.87. The summed E-state index contributed by atoms with van der Waals surface area (Å²) in [5.74, 6) is -1.97. The first-order chi connectivity index (χ1) is 7.54. The fourth-order valence-electron chi connectivity index (χ4n) is 1.10. The fourth-order valence-corrected chi connectivity index (χ4v) is 1.10. The molecule has 0 aliphatic rings. The Hall–Kier alpha value is -1.61. The van der Waals surface area contributed by atoms with E-state index in [1.54, 1.807) is 24.5 Å². The minimum atomic E-state index is -4.48. The lowest BCUT2D eigenvalue weighted by atomic mass is 10.1. The molecule has 6 heteroatoms. The van der Waals surface area contributed by atoms with Crippen molar-refractivity contribution in [3.63, 3.8) is 0 Å². The van der Waals surface area contributed by atoms with E-state index in [-0.39, 0.29) is 6.54 Å². The number of nitrogens with zero attached hydrogens (tertiary/aromatic N) is 2. The van der Waals surface area contributed by atoms with E-state index in [4.69, 9.17) is 5.26 Å². The molecule has 0 bridgehead atoms. The van der Waals surface area contributed by atoms with Crippen molar-refractivity contribution in [3.8, 4) is 6.07 Å². The van der Waals surface area contributed by atoms with Gasteiger partial charge in [0.25, 0.3) is 0 Å². The highest BCUT2D eigenvalue weighted by atomic mass is 19.4. The van der Waals surface area contributed by atoms with E-state index in [1.807, 2.05) is 0 Å². The van der Waals surface area contributed by atoms with Crippen molar-refractivity contribution in [3.05, 3.63) is 30.1 Å². The first-order valence-electron chi connectivity index (χ1n) is 4.60. The van der Waals surface area contributed by atoms with Gasteiger partial charge in [-0.05, 0) is 11.6 Å². The number of pyridine rings is 1. The van der Waals surface area contributed by atoms with Crippen LogP contribution in [0, 0.1) is 17.2 Å². The van der Waals surface area contributed by atoms with Crippen LogP contribution in [0.1, 0.15) is 5.56 Å². The Balaban J connectivity index is 2.39. The van der Waals surface area contributed by atoms with Crippen LogP contribution in [-0.2, 0) is 6.54 Å². The lowest BCUT2D eigenvalue weighted by Gasteiger charge is -2.13. The number of nitrogens with one attached hydrogen (secondary N) is 1. The van der Waals surface area contributed by atoms with Crippen molar-refractivity contribution in [1.29, 1.82) is 5.26 Å². The van der Waals surface area contributed by atoms with E-state index >= 15 is 0 Å². The van der Waals surface area contributed by atoms with E-state index < -0.39 is 18.6 Å². The van der Waals surface area contributed by atoms with E-state index in [0.29, 0.717) is 0 Å². The van der Waals surface area contributed by atoms with E-state index in [0.717, 1.165) is 5.56 Å². The van der Waals surface area contributed by atoms with Gasteiger partial charge in [-0.3, -0.25) is 4.98 Å². The smallest absolute Gasteiger partial charge is 0.311 e. The molecule has 1 atom stereocenters. The van der Waals surface area contributed by atoms with E-state index in [9.17, 15) is 13.2 Å². The maximum Gasteiger partial charge on any atom is 0.405 e. The van der Waals surface area contributed by atoms with Gasteiger partial charge in [-0.15, -0.1) is 0 Å². The molecule has 0 amide bonds. The van der Waals surface area contributed by atoms with Gasteiger partial charge in [0.1, 0.15) is 0 Å². The number of alkyl halides is 3. The third-order valence-electron chi connectivity index (χ3n) is 1.95. The molecule has 16 heavy (non-hydrogen) atoms. The molecule has 0 fully saturated rings. The molecule has 0 radical (unpaired) electrons. The minimum absolute atomic E-state index is 0.266. The molecule has 1 aromatic heterocycles. The first-order valence-corrected chi connectivity index (χ1v) is 4.60. The van der Waals surface area contributed by atoms with Crippen LogP contribution in [0.2, 0.25) is 0 Å². The maximum atomic E-state index is 12.2. The van der Waals surface area contributed by atoms with Crippen molar-refractivity contribution in [2.24, 2.45) is 5.92 Å². The summed E-state index contributed by atoms with van der Waals surface area (Å²) in [6.07, 6.45) is -1.34. The molecule has 0 saturated heterocycles. The topological polar surface area (TPSA) is 48.7 Å². The van der Waals surface area contributed by atoms with Gasteiger partial charge in [0.2, 0.25) is 0 Å². The van der Waals surface area contributed by atoms with Gasteiger partial charge in [0.05, 0.1) is 6.07 Å². The SMILES string of the molecule is N#CC(CNCc1cccnc1)C(F)(F)F. The summed E-state index contributed by atoms with van der Waals surface area (Å²) in [5, 5.41) is 10.9. The first kappa shape index (κ1) is 12.5. The molecule has 1 rings (SSSR count). The Bertz CT molecular complexity index is 356. The lowest BCUT2D eigenvalue weighted by molar-refractivity contribution is -0.157.